The third kappa shape index (κ3) is 4.05. The number of carbonyl (C=O) groups excluding carboxylic acids is 1. The van der Waals surface area contributed by atoms with E-state index >= 15 is 0 Å². The Morgan fingerprint density at radius 2 is 2.13 bits per heavy atom. The van der Waals surface area contributed by atoms with E-state index in [4.69, 9.17) is 4.74 Å². The SMILES string of the molecule is CO[C@@]1(C)CCN(c2nn(-c3ccnc(C(C)(F)F)n3)c3cc(NC(C)=O)ncc23)C1. The van der Waals surface area contributed by atoms with Crippen LogP contribution >= 0.6 is 0 Å². The Bertz CT molecular complexity index is 1140. The predicted octanol–water partition coefficient (Wildman–Crippen LogP) is 2.90. The number of anilines is 2. The quantitative estimate of drug-likeness (QED) is 0.663. The molecule has 11 heteroatoms. The molecule has 1 N–H and O–H groups in total. The molecule has 1 aliphatic rings. The number of aromatic nitrogens is 5. The topological polar surface area (TPSA) is 98.1 Å². The van der Waals surface area contributed by atoms with Gasteiger partial charge >= 0.3 is 5.92 Å². The number of nitrogens with zero attached hydrogens (tertiary/aromatic N) is 6. The van der Waals surface area contributed by atoms with Gasteiger partial charge in [0, 0.05) is 58.6 Å². The largest absolute Gasteiger partial charge is 0.377 e. The maximum atomic E-state index is 13.8. The van der Waals surface area contributed by atoms with E-state index in [2.05, 4.69) is 30.3 Å². The van der Waals surface area contributed by atoms with Gasteiger partial charge in [0.2, 0.25) is 11.7 Å². The lowest BCUT2D eigenvalue weighted by atomic mass is 10.1. The van der Waals surface area contributed by atoms with E-state index in [1.54, 1.807) is 19.4 Å². The predicted molar refractivity (Wildman–Crippen MR) is 111 cm³/mol. The minimum atomic E-state index is -3.19. The molecule has 1 fully saturated rings. The fourth-order valence-electron chi connectivity index (χ4n) is 3.61. The molecule has 3 aromatic heterocycles. The van der Waals surface area contributed by atoms with Crippen molar-refractivity contribution in [1.29, 1.82) is 0 Å². The lowest BCUT2D eigenvalue weighted by molar-refractivity contribution is -0.114. The molecule has 1 aliphatic heterocycles. The third-order valence-electron chi connectivity index (χ3n) is 5.33. The summed E-state index contributed by atoms with van der Waals surface area (Å²) in [5.41, 5.74) is 0.260. The molecule has 0 spiro atoms. The number of alkyl halides is 2. The molecule has 4 heterocycles. The molecule has 0 radical (unpaired) electrons. The lowest BCUT2D eigenvalue weighted by Gasteiger charge is -2.22. The first-order valence-corrected chi connectivity index (χ1v) is 9.78. The number of amides is 1. The van der Waals surface area contributed by atoms with E-state index in [0.717, 1.165) is 13.3 Å². The Balaban J connectivity index is 1.87. The second-order valence-electron chi connectivity index (χ2n) is 7.96. The van der Waals surface area contributed by atoms with Gasteiger partial charge in [-0.15, -0.1) is 5.10 Å². The van der Waals surface area contributed by atoms with Crippen LogP contribution in [-0.4, -0.2) is 56.4 Å². The van der Waals surface area contributed by atoms with Gasteiger partial charge in [-0.1, -0.05) is 0 Å². The minimum absolute atomic E-state index is 0.191. The van der Waals surface area contributed by atoms with Gasteiger partial charge in [0.15, 0.2) is 11.6 Å². The highest BCUT2D eigenvalue weighted by molar-refractivity contribution is 5.95. The van der Waals surface area contributed by atoms with Crippen molar-refractivity contribution in [3.63, 3.8) is 0 Å². The van der Waals surface area contributed by atoms with Crippen molar-refractivity contribution < 1.29 is 18.3 Å². The van der Waals surface area contributed by atoms with Crippen molar-refractivity contribution in [3.8, 4) is 5.82 Å². The van der Waals surface area contributed by atoms with E-state index in [9.17, 15) is 13.6 Å². The number of carbonyl (C=O) groups is 1. The Labute approximate surface area is 177 Å². The molecule has 31 heavy (non-hydrogen) atoms. The van der Waals surface area contributed by atoms with Gasteiger partial charge < -0.3 is 15.0 Å². The molecule has 1 saturated heterocycles. The summed E-state index contributed by atoms with van der Waals surface area (Å²) >= 11 is 0. The molecule has 1 atom stereocenters. The van der Waals surface area contributed by atoms with Gasteiger partial charge in [-0.25, -0.2) is 19.6 Å². The van der Waals surface area contributed by atoms with Crippen LogP contribution in [0.5, 0.6) is 0 Å². The first kappa shape index (κ1) is 21.0. The number of ether oxygens (including phenoxy) is 1. The van der Waals surface area contributed by atoms with Crippen molar-refractivity contribution in [2.45, 2.75) is 38.7 Å². The van der Waals surface area contributed by atoms with Gasteiger partial charge in [-0.05, 0) is 13.3 Å². The zero-order valence-corrected chi connectivity index (χ0v) is 17.7. The van der Waals surface area contributed by atoms with E-state index in [-0.39, 0.29) is 17.3 Å². The molecular weight excluding hydrogens is 408 g/mol. The second kappa shape index (κ2) is 7.49. The van der Waals surface area contributed by atoms with E-state index in [1.165, 1.54) is 23.9 Å². The number of methoxy groups -OCH3 is 1. The van der Waals surface area contributed by atoms with Crippen molar-refractivity contribution in [2.75, 3.05) is 30.4 Å². The molecule has 1 amide bonds. The number of fused-ring (bicyclic) bond motifs is 1. The number of nitrogens with one attached hydrogen (secondary N) is 1. The van der Waals surface area contributed by atoms with Crippen LogP contribution in [0.4, 0.5) is 20.4 Å². The van der Waals surface area contributed by atoms with Gasteiger partial charge in [-0.2, -0.15) is 8.78 Å². The normalized spacial score (nSPS) is 19.2. The monoisotopic (exact) mass is 431 g/mol. The van der Waals surface area contributed by atoms with Crippen LogP contribution in [0.25, 0.3) is 16.7 Å². The molecule has 3 aromatic rings. The fourth-order valence-corrected chi connectivity index (χ4v) is 3.61. The summed E-state index contributed by atoms with van der Waals surface area (Å²) in [4.78, 5) is 25.6. The zero-order chi connectivity index (χ0) is 22.4. The highest BCUT2D eigenvalue weighted by Gasteiger charge is 2.36. The third-order valence-corrected chi connectivity index (χ3v) is 5.33. The minimum Gasteiger partial charge on any atom is -0.377 e. The number of rotatable bonds is 5. The molecule has 0 aliphatic carbocycles. The zero-order valence-electron chi connectivity index (χ0n) is 17.7. The summed E-state index contributed by atoms with van der Waals surface area (Å²) in [6.45, 7) is 5.48. The molecule has 0 unspecified atom stereocenters. The van der Waals surface area contributed by atoms with Crippen molar-refractivity contribution in [3.05, 3.63) is 30.4 Å². The molecule has 0 aromatic carbocycles. The van der Waals surface area contributed by atoms with Gasteiger partial charge in [0.25, 0.3) is 0 Å². The van der Waals surface area contributed by atoms with Gasteiger partial charge in [0.05, 0.1) is 16.5 Å². The van der Waals surface area contributed by atoms with Crippen molar-refractivity contribution >= 4 is 28.4 Å². The Hall–Kier alpha value is -3.21. The number of pyridine rings is 1. The molecule has 9 nitrogen and oxygen atoms in total. The fraction of sp³-hybridized carbons (Fsp3) is 0.450. The molecule has 0 bridgehead atoms. The Morgan fingerprint density at radius 1 is 1.35 bits per heavy atom. The summed E-state index contributed by atoms with van der Waals surface area (Å²) in [7, 11) is 1.68. The summed E-state index contributed by atoms with van der Waals surface area (Å²) in [6.07, 6.45) is 3.70. The second-order valence-corrected chi connectivity index (χ2v) is 7.96. The lowest BCUT2D eigenvalue weighted by Crippen LogP contribution is -2.32. The molecule has 4 rings (SSSR count). The molecule has 164 valence electrons. The summed E-state index contributed by atoms with van der Waals surface area (Å²) in [5, 5.41) is 8.03. The number of hydrogen-bond acceptors (Lipinski definition) is 7. The first-order valence-electron chi connectivity index (χ1n) is 9.78. The summed E-state index contributed by atoms with van der Waals surface area (Å²) in [5.74, 6) is -2.91. The summed E-state index contributed by atoms with van der Waals surface area (Å²) in [6, 6.07) is 3.15. The van der Waals surface area contributed by atoms with Gasteiger partial charge in [0.1, 0.15) is 5.82 Å². The van der Waals surface area contributed by atoms with Crippen LogP contribution in [0.3, 0.4) is 0 Å². The van der Waals surface area contributed by atoms with Gasteiger partial charge in [-0.3, -0.25) is 4.79 Å². The maximum Gasteiger partial charge on any atom is 0.303 e. The maximum absolute atomic E-state index is 13.8. The van der Waals surface area contributed by atoms with Crippen LogP contribution < -0.4 is 10.2 Å². The highest BCUT2D eigenvalue weighted by Crippen LogP contribution is 2.34. The van der Waals surface area contributed by atoms with Crippen LogP contribution in [0.2, 0.25) is 0 Å². The van der Waals surface area contributed by atoms with E-state index in [0.29, 0.717) is 35.6 Å². The average Bonchev–Trinajstić information content (AvgIpc) is 3.28. The summed E-state index contributed by atoms with van der Waals surface area (Å²) < 4.78 is 34.7. The standard InChI is InChI=1S/C20H23F2N7O2/c1-12(30)25-15-9-14-13(10-24-15)17(28-8-6-19(2,11-28)31-4)27-29(14)16-5-7-23-18(26-16)20(3,21)22/h5,7,9-10H,6,8,11H2,1-4H3,(H,24,25,30)/t19-/m0/s1. The number of halogens is 2. The van der Waals surface area contributed by atoms with Crippen LogP contribution in [-0.2, 0) is 15.5 Å². The van der Waals surface area contributed by atoms with Crippen molar-refractivity contribution in [1.82, 2.24) is 24.7 Å². The van der Waals surface area contributed by atoms with E-state index < -0.39 is 11.7 Å². The number of hydrogen-bond donors (Lipinski definition) is 1. The van der Waals surface area contributed by atoms with Crippen LogP contribution in [0, 0.1) is 0 Å². The first-order chi connectivity index (χ1) is 14.6. The average molecular weight is 431 g/mol. The Kier molecular flexibility index (Phi) is 5.08. The van der Waals surface area contributed by atoms with Crippen LogP contribution in [0.1, 0.15) is 33.0 Å². The Morgan fingerprint density at radius 3 is 2.77 bits per heavy atom. The van der Waals surface area contributed by atoms with E-state index in [1.807, 2.05) is 6.92 Å². The molecular formula is C20H23F2N7O2. The van der Waals surface area contributed by atoms with Crippen LogP contribution in [0.15, 0.2) is 24.5 Å². The highest BCUT2D eigenvalue weighted by atomic mass is 19.3. The smallest absolute Gasteiger partial charge is 0.303 e. The molecule has 0 saturated carbocycles. The van der Waals surface area contributed by atoms with Crippen molar-refractivity contribution in [2.24, 2.45) is 0 Å².